The molecule has 3 aromatic rings. The van der Waals surface area contributed by atoms with Gasteiger partial charge in [0.2, 0.25) is 5.95 Å². The van der Waals surface area contributed by atoms with Gasteiger partial charge in [0.15, 0.2) is 0 Å². The molecule has 0 aliphatic carbocycles. The third-order valence-electron chi connectivity index (χ3n) is 2.99. The van der Waals surface area contributed by atoms with Crippen molar-refractivity contribution in [1.82, 2.24) is 9.97 Å². The molecule has 0 bridgehead atoms. The van der Waals surface area contributed by atoms with E-state index in [2.05, 4.69) is 21.4 Å². The molecule has 1 heterocycles. The fraction of sp³-hybridized carbons (Fsp3) is 0.0667. The molecule has 20 heavy (non-hydrogen) atoms. The number of rotatable bonds is 3. The molecule has 5 heteroatoms. The lowest BCUT2D eigenvalue weighted by molar-refractivity contribution is 1.10. The molecule has 0 amide bonds. The largest absolute Gasteiger partial charge is 0.352 e. The van der Waals surface area contributed by atoms with Gasteiger partial charge in [0.1, 0.15) is 0 Å². The smallest absolute Gasteiger partial charge is 0.201 e. The Morgan fingerprint density at radius 2 is 2.00 bits per heavy atom. The van der Waals surface area contributed by atoms with E-state index in [-0.39, 0.29) is 0 Å². The van der Waals surface area contributed by atoms with Crippen molar-refractivity contribution < 1.29 is 0 Å². The Bertz CT molecular complexity index is 784. The van der Waals surface area contributed by atoms with E-state index < -0.39 is 0 Å². The number of aromatic amines is 1. The number of hydrogen-bond acceptors (Lipinski definition) is 3. The van der Waals surface area contributed by atoms with Gasteiger partial charge in [-0.3, -0.25) is 0 Å². The number of anilines is 1. The maximum atomic E-state index is 8.75. The van der Waals surface area contributed by atoms with Gasteiger partial charge < -0.3 is 10.3 Å². The minimum atomic E-state index is 0.638. The number of nitrogens with zero attached hydrogens (tertiary/aromatic N) is 2. The van der Waals surface area contributed by atoms with E-state index in [1.165, 1.54) is 0 Å². The molecule has 0 saturated carbocycles. The topological polar surface area (TPSA) is 64.5 Å². The first-order valence-electron chi connectivity index (χ1n) is 6.13. The summed E-state index contributed by atoms with van der Waals surface area (Å²) in [5.74, 6) is 0.701. The van der Waals surface area contributed by atoms with Gasteiger partial charge in [-0.05, 0) is 35.9 Å². The molecule has 0 radical (unpaired) electrons. The zero-order valence-electron chi connectivity index (χ0n) is 10.5. The van der Waals surface area contributed by atoms with Gasteiger partial charge in [-0.25, -0.2) is 4.98 Å². The van der Waals surface area contributed by atoms with Gasteiger partial charge in [0.25, 0.3) is 0 Å². The summed E-state index contributed by atoms with van der Waals surface area (Å²) in [5, 5.41) is 12.6. The number of aromatic nitrogens is 2. The first-order chi connectivity index (χ1) is 9.74. The van der Waals surface area contributed by atoms with Crippen molar-refractivity contribution in [3.05, 3.63) is 58.6 Å². The highest BCUT2D eigenvalue weighted by molar-refractivity contribution is 6.31. The Balaban J connectivity index is 1.74. The Morgan fingerprint density at radius 3 is 2.75 bits per heavy atom. The van der Waals surface area contributed by atoms with Crippen LogP contribution in [0.5, 0.6) is 0 Å². The fourth-order valence-electron chi connectivity index (χ4n) is 1.95. The summed E-state index contributed by atoms with van der Waals surface area (Å²) in [6.07, 6.45) is 0. The molecule has 0 saturated heterocycles. The average molecular weight is 283 g/mol. The van der Waals surface area contributed by atoms with Crippen LogP contribution in [0.25, 0.3) is 11.0 Å². The number of benzene rings is 2. The van der Waals surface area contributed by atoms with Gasteiger partial charge in [-0.1, -0.05) is 23.7 Å². The van der Waals surface area contributed by atoms with E-state index in [1.54, 1.807) is 12.1 Å². The minimum absolute atomic E-state index is 0.638. The van der Waals surface area contributed by atoms with Crippen LogP contribution in [0.4, 0.5) is 5.95 Å². The standard InChI is InChI=1S/C15H11ClN4/c16-12-5-6-13-14(7-12)20-15(19-13)18-9-11-3-1-10(8-17)2-4-11/h1-7H,9H2,(H2,18,19,20). The third kappa shape index (κ3) is 2.58. The summed E-state index contributed by atoms with van der Waals surface area (Å²) >= 11 is 5.93. The quantitative estimate of drug-likeness (QED) is 0.770. The number of hydrogen-bond donors (Lipinski definition) is 2. The van der Waals surface area contributed by atoms with Crippen LogP contribution in [0, 0.1) is 11.3 Å². The van der Waals surface area contributed by atoms with Crippen LogP contribution >= 0.6 is 11.6 Å². The molecule has 4 nitrogen and oxygen atoms in total. The second kappa shape index (κ2) is 5.24. The van der Waals surface area contributed by atoms with Gasteiger partial charge in [-0.15, -0.1) is 0 Å². The second-order valence-electron chi connectivity index (χ2n) is 4.41. The van der Waals surface area contributed by atoms with E-state index in [1.807, 2.05) is 30.3 Å². The van der Waals surface area contributed by atoms with Crippen LogP contribution in [-0.2, 0) is 6.54 Å². The summed E-state index contributed by atoms with van der Waals surface area (Å²) in [5.41, 5.74) is 3.52. The number of fused-ring (bicyclic) bond motifs is 1. The highest BCUT2D eigenvalue weighted by Crippen LogP contribution is 2.19. The number of nitrogens with one attached hydrogen (secondary N) is 2. The van der Waals surface area contributed by atoms with Crippen LogP contribution in [-0.4, -0.2) is 9.97 Å². The van der Waals surface area contributed by atoms with E-state index in [0.717, 1.165) is 16.6 Å². The molecule has 0 aliphatic heterocycles. The molecule has 1 aromatic heterocycles. The van der Waals surface area contributed by atoms with Crippen molar-refractivity contribution in [2.24, 2.45) is 0 Å². The van der Waals surface area contributed by atoms with Gasteiger partial charge >= 0.3 is 0 Å². The summed E-state index contributed by atoms with van der Waals surface area (Å²) in [7, 11) is 0. The molecule has 0 atom stereocenters. The number of H-pyrrole nitrogens is 1. The van der Waals surface area contributed by atoms with Crippen LogP contribution in [0.2, 0.25) is 5.02 Å². The molecular weight excluding hydrogens is 272 g/mol. The normalized spacial score (nSPS) is 10.4. The van der Waals surface area contributed by atoms with Gasteiger partial charge in [0, 0.05) is 11.6 Å². The van der Waals surface area contributed by atoms with Crippen LogP contribution in [0.3, 0.4) is 0 Å². The second-order valence-corrected chi connectivity index (χ2v) is 4.85. The molecule has 0 spiro atoms. The van der Waals surface area contributed by atoms with Crippen molar-refractivity contribution in [2.75, 3.05) is 5.32 Å². The van der Waals surface area contributed by atoms with E-state index in [9.17, 15) is 0 Å². The Hall–Kier alpha value is -2.51. The number of nitriles is 1. The zero-order chi connectivity index (χ0) is 13.9. The van der Waals surface area contributed by atoms with Crippen molar-refractivity contribution in [3.63, 3.8) is 0 Å². The fourth-order valence-corrected chi connectivity index (χ4v) is 2.12. The number of imidazole rings is 1. The molecule has 0 aliphatic rings. The van der Waals surface area contributed by atoms with Crippen molar-refractivity contribution >= 4 is 28.6 Å². The summed E-state index contributed by atoms with van der Waals surface area (Å²) in [4.78, 5) is 7.60. The lowest BCUT2D eigenvalue weighted by Gasteiger charge is -2.02. The number of halogens is 1. The maximum Gasteiger partial charge on any atom is 0.201 e. The monoisotopic (exact) mass is 282 g/mol. The summed E-state index contributed by atoms with van der Waals surface area (Å²) in [6.45, 7) is 0.638. The maximum absolute atomic E-state index is 8.75. The van der Waals surface area contributed by atoms with Crippen LogP contribution in [0.1, 0.15) is 11.1 Å². The molecule has 98 valence electrons. The molecule has 2 N–H and O–H groups in total. The van der Waals surface area contributed by atoms with Crippen molar-refractivity contribution in [3.8, 4) is 6.07 Å². The molecule has 0 fully saturated rings. The Morgan fingerprint density at radius 1 is 1.20 bits per heavy atom. The van der Waals surface area contributed by atoms with Gasteiger partial charge in [-0.2, -0.15) is 5.26 Å². The highest BCUT2D eigenvalue weighted by Gasteiger charge is 2.03. The van der Waals surface area contributed by atoms with E-state index in [4.69, 9.17) is 16.9 Å². The average Bonchev–Trinajstić information content (AvgIpc) is 2.87. The predicted molar refractivity (Wildman–Crippen MR) is 79.6 cm³/mol. The van der Waals surface area contributed by atoms with Crippen LogP contribution in [0.15, 0.2) is 42.5 Å². The molecule has 2 aromatic carbocycles. The zero-order valence-corrected chi connectivity index (χ0v) is 11.3. The summed E-state index contributed by atoms with van der Waals surface area (Å²) < 4.78 is 0. The first-order valence-corrected chi connectivity index (χ1v) is 6.50. The molecule has 0 unspecified atom stereocenters. The first kappa shape index (κ1) is 12.5. The minimum Gasteiger partial charge on any atom is -0.352 e. The SMILES string of the molecule is N#Cc1ccc(CNc2nc3ccc(Cl)cc3[nH]2)cc1. The summed E-state index contributed by atoms with van der Waals surface area (Å²) in [6, 6.07) is 15.1. The van der Waals surface area contributed by atoms with Gasteiger partial charge in [0.05, 0.1) is 22.7 Å². The molecule has 3 rings (SSSR count). The van der Waals surface area contributed by atoms with E-state index in [0.29, 0.717) is 23.1 Å². The van der Waals surface area contributed by atoms with E-state index >= 15 is 0 Å². The highest BCUT2D eigenvalue weighted by atomic mass is 35.5. The van der Waals surface area contributed by atoms with Crippen molar-refractivity contribution in [1.29, 1.82) is 5.26 Å². The van der Waals surface area contributed by atoms with Crippen molar-refractivity contribution in [2.45, 2.75) is 6.54 Å². The predicted octanol–water partition coefficient (Wildman–Crippen LogP) is 3.70. The third-order valence-corrected chi connectivity index (χ3v) is 3.22. The lowest BCUT2D eigenvalue weighted by Crippen LogP contribution is -2.00. The Kier molecular flexibility index (Phi) is 3.28. The molecular formula is C15H11ClN4. The lowest BCUT2D eigenvalue weighted by atomic mass is 10.1. The Labute approximate surface area is 121 Å². The van der Waals surface area contributed by atoms with Crippen LogP contribution < -0.4 is 5.32 Å².